The Morgan fingerprint density at radius 3 is 2.24 bits per heavy atom. The Labute approximate surface area is 293 Å². The number of halogens is 6. The quantitative estimate of drug-likeness (QED) is 0.391. The Morgan fingerprint density at radius 2 is 1.59 bits per heavy atom. The van der Waals surface area contributed by atoms with E-state index in [1.807, 2.05) is 0 Å². The van der Waals surface area contributed by atoms with Gasteiger partial charge in [-0.25, -0.2) is 4.39 Å². The van der Waals surface area contributed by atoms with Crippen LogP contribution in [0.25, 0.3) is 0 Å². The van der Waals surface area contributed by atoms with Crippen molar-refractivity contribution in [1.82, 2.24) is 20.0 Å². The van der Waals surface area contributed by atoms with E-state index in [0.717, 1.165) is 37.0 Å². The van der Waals surface area contributed by atoms with Crippen LogP contribution in [0.4, 0.5) is 17.6 Å². The van der Waals surface area contributed by atoms with Crippen molar-refractivity contribution in [3.63, 3.8) is 0 Å². The zero-order valence-electron chi connectivity index (χ0n) is 27.2. The number of likely N-dealkylation sites (N-methyl/N-ethyl adjacent to an activating group) is 1. The minimum Gasteiger partial charge on any atom is -0.354 e. The lowest BCUT2D eigenvalue weighted by molar-refractivity contribution is -0.149. The first-order chi connectivity index (χ1) is 23.2. The number of carbonyl (C=O) groups excluding carboxylic acids is 4. The first kappa shape index (κ1) is 36.9. The van der Waals surface area contributed by atoms with E-state index in [9.17, 15) is 36.7 Å². The SMILES string of the molecule is CN1C(=O)CN(CCc2ccc(Cl)c(Cl)c2)C(=O)[C@@H]2C[C@H](F)CN2C(=O)CC2(CCCCC2)CNC(=O)[C@H]1Cc1ccc(C(F)(F)F)cc1. The van der Waals surface area contributed by atoms with E-state index in [0.29, 0.717) is 28.5 Å². The number of hydrogen-bond acceptors (Lipinski definition) is 4. The molecular formula is C35H40Cl2F4N4O4. The van der Waals surface area contributed by atoms with Crippen LogP contribution in [-0.2, 0) is 38.2 Å². The van der Waals surface area contributed by atoms with E-state index in [-0.39, 0.29) is 51.2 Å². The number of nitrogens with zero attached hydrogens (tertiary/aromatic N) is 3. The molecule has 49 heavy (non-hydrogen) atoms. The Bertz CT molecular complexity index is 1550. The molecule has 0 bridgehead atoms. The maximum absolute atomic E-state index is 15.0. The highest BCUT2D eigenvalue weighted by molar-refractivity contribution is 6.42. The van der Waals surface area contributed by atoms with Gasteiger partial charge in [-0.2, -0.15) is 13.2 Å². The molecule has 266 valence electrons. The molecule has 1 N–H and O–H groups in total. The summed E-state index contributed by atoms with van der Waals surface area (Å²) in [5, 5.41) is 3.61. The van der Waals surface area contributed by atoms with Gasteiger partial charge >= 0.3 is 6.18 Å². The summed E-state index contributed by atoms with van der Waals surface area (Å²) < 4.78 is 54.7. The van der Waals surface area contributed by atoms with Gasteiger partial charge in [0, 0.05) is 39.4 Å². The highest BCUT2D eigenvalue weighted by atomic mass is 35.5. The Balaban J connectivity index is 1.49. The molecule has 4 amide bonds. The Hall–Kier alpha value is -3.38. The summed E-state index contributed by atoms with van der Waals surface area (Å²) in [6.07, 6.45) is -2.07. The zero-order chi connectivity index (χ0) is 35.5. The molecule has 8 nitrogen and oxygen atoms in total. The van der Waals surface area contributed by atoms with Gasteiger partial charge in [-0.3, -0.25) is 19.2 Å². The molecule has 0 aromatic heterocycles. The molecule has 2 saturated heterocycles. The van der Waals surface area contributed by atoms with Crippen molar-refractivity contribution in [3.05, 3.63) is 69.2 Å². The molecule has 0 unspecified atom stereocenters. The molecule has 2 aliphatic heterocycles. The number of amides is 4. The van der Waals surface area contributed by atoms with Gasteiger partial charge in [0.25, 0.3) is 0 Å². The molecular weight excluding hydrogens is 687 g/mol. The lowest BCUT2D eigenvalue weighted by Gasteiger charge is -2.40. The monoisotopic (exact) mass is 726 g/mol. The van der Waals surface area contributed by atoms with Gasteiger partial charge in [-0.15, -0.1) is 0 Å². The molecule has 1 saturated carbocycles. The first-order valence-electron chi connectivity index (χ1n) is 16.5. The van der Waals surface area contributed by atoms with Crippen molar-refractivity contribution in [2.75, 3.05) is 33.2 Å². The van der Waals surface area contributed by atoms with Gasteiger partial charge in [0.15, 0.2) is 0 Å². The largest absolute Gasteiger partial charge is 0.416 e. The first-order valence-corrected chi connectivity index (χ1v) is 17.3. The van der Waals surface area contributed by atoms with E-state index in [4.69, 9.17) is 23.2 Å². The highest BCUT2D eigenvalue weighted by Gasteiger charge is 2.45. The normalized spacial score (nSPS) is 24.2. The van der Waals surface area contributed by atoms with Crippen LogP contribution >= 0.6 is 23.2 Å². The topological polar surface area (TPSA) is 90.0 Å². The Morgan fingerprint density at radius 1 is 0.918 bits per heavy atom. The third kappa shape index (κ3) is 8.86. The predicted molar refractivity (Wildman–Crippen MR) is 177 cm³/mol. The standard InChI is InChI=1S/C35H40Cl2F4N4O4/c1-43-28(16-22-5-8-24(9-6-22)35(39,40)41)32(48)42-21-34(12-3-2-4-13-34)18-30(46)45-19-25(38)17-29(45)33(49)44(20-31(43)47)14-11-23-7-10-26(36)27(37)15-23/h5-10,15,25,28-29H,2-4,11-14,16-21H2,1H3,(H,42,48)/t25-,28+,29-/m0/s1. The molecule has 1 aliphatic carbocycles. The van der Waals surface area contributed by atoms with Gasteiger partial charge in [0.2, 0.25) is 23.6 Å². The maximum atomic E-state index is 15.0. The number of carbonyl (C=O) groups is 4. The lowest BCUT2D eigenvalue weighted by Crippen LogP contribution is -2.56. The van der Waals surface area contributed by atoms with Crippen LogP contribution in [0.5, 0.6) is 0 Å². The minimum absolute atomic E-state index is 0.0192. The zero-order valence-corrected chi connectivity index (χ0v) is 28.7. The number of fused-ring (bicyclic) bond motifs is 1. The van der Waals surface area contributed by atoms with Crippen LogP contribution in [0, 0.1) is 5.41 Å². The molecule has 3 fully saturated rings. The number of rotatable bonds is 5. The van der Waals surface area contributed by atoms with Crippen LogP contribution in [0.3, 0.4) is 0 Å². The van der Waals surface area contributed by atoms with Gasteiger partial charge in [-0.05, 0) is 60.1 Å². The Kier molecular flexibility index (Phi) is 11.5. The van der Waals surface area contributed by atoms with Crippen LogP contribution in [0.2, 0.25) is 10.0 Å². The summed E-state index contributed by atoms with van der Waals surface area (Å²) in [6.45, 7) is -0.565. The second-order valence-corrected chi connectivity index (χ2v) is 14.3. The summed E-state index contributed by atoms with van der Waals surface area (Å²) in [6, 6.07) is 7.15. The van der Waals surface area contributed by atoms with Crippen molar-refractivity contribution >= 4 is 46.8 Å². The van der Waals surface area contributed by atoms with Crippen molar-refractivity contribution in [1.29, 1.82) is 0 Å². The molecule has 3 aliphatic rings. The minimum atomic E-state index is -4.54. The molecule has 2 aromatic rings. The molecule has 14 heteroatoms. The number of hydrogen-bond donors (Lipinski definition) is 1. The van der Waals surface area contributed by atoms with Gasteiger partial charge in [0.05, 0.1) is 28.7 Å². The maximum Gasteiger partial charge on any atom is 0.416 e. The fraction of sp³-hybridized carbons (Fsp3) is 0.543. The summed E-state index contributed by atoms with van der Waals surface area (Å²) in [4.78, 5) is 59.6. The van der Waals surface area contributed by atoms with Gasteiger partial charge in [-0.1, -0.05) is 60.7 Å². The molecule has 3 atom stereocenters. The molecule has 2 aromatic carbocycles. The van der Waals surface area contributed by atoms with Crippen molar-refractivity contribution < 1.29 is 36.7 Å². The van der Waals surface area contributed by atoms with Crippen LogP contribution < -0.4 is 5.32 Å². The average molecular weight is 728 g/mol. The number of nitrogens with one attached hydrogen (secondary N) is 1. The lowest BCUT2D eigenvalue weighted by atomic mass is 9.71. The van der Waals surface area contributed by atoms with Crippen molar-refractivity contribution in [2.45, 2.75) is 82.2 Å². The third-order valence-electron chi connectivity index (χ3n) is 10.1. The highest BCUT2D eigenvalue weighted by Crippen LogP contribution is 2.40. The number of benzene rings is 2. The molecule has 2 heterocycles. The van der Waals surface area contributed by atoms with E-state index >= 15 is 0 Å². The van der Waals surface area contributed by atoms with Crippen molar-refractivity contribution in [2.24, 2.45) is 5.41 Å². The second kappa shape index (κ2) is 15.2. The molecule has 5 rings (SSSR count). The fourth-order valence-corrected chi connectivity index (χ4v) is 7.49. The van der Waals surface area contributed by atoms with E-state index in [2.05, 4.69) is 5.32 Å². The van der Waals surface area contributed by atoms with E-state index in [1.165, 1.54) is 33.9 Å². The van der Waals surface area contributed by atoms with Gasteiger partial charge < -0.3 is 20.0 Å². The smallest absolute Gasteiger partial charge is 0.354 e. The predicted octanol–water partition coefficient (Wildman–Crippen LogP) is 5.86. The average Bonchev–Trinajstić information content (AvgIpc) is 3.47. The summed E-state index contributed by atoms with van der Waals surface area (Å²) in [5.41, 5.74) is -0.345. The fourth-order valence-electron chi connectivity index (χ4n) is 7.17. The molecule has 1 spiro atoms. The second-order valence-electron chi connectivity index (χ2n) is 13.5. The van der Waals surface area contributed by atoms with Crippen LogP contribution in [0.15, 0.2) is 42.5 Å². The van der Waals surface area contributed by atoms with E-state index < -0.39 is 59.7 Å². The third-order valence-corrected chi connectivity index (χ3v) is 10.8. The summed E-state index contributed by atoms with van der Waals surface area (Å²) in [5.74, 6) is -2.08. The molecule has 0 radical (unpaired) electrons. The van der Waals surface area contributed by atoms with E-state index in [1.54, 1.807) is 18.2 Å². The summed E-state index contributed by atoms with van der Waals surface area (Å²) in [7, 11) is 1.42. The summed E-state index contributed by atoms with van der Waals surface area (Å²) >= 11 is 12.3. The number of alkyl halides is 4. The van der Waals surface area contributed by atoms with Crippen molar-refractivity contribution in [3.8, 4) is 0 Å². The van der Waals surface area contributed by atoms with Crippen LogP contribution in [0.1, 0.15) is 61.6 Å². The van der Waals surface area contributed by atoms with Crippen LogP contribution in [-0.4, -0.2) is 89.8 Å². The van der Waals surface area contributed by atoms with Gasteiger partial charge in [0.1, 0.15) is 18.3 Å².